The van der Waals surface area contributed by atoms with E-state index in [1.165, 1.54) is 7.11 Å². The van der Waals surface area contributed by atoms with Crippen LogP contribution in [0.3, 0.4) is 0 Å². The van der Waals surface area contributed by atoms with Crippen LogP contribution in [0, 0.1) is 0 Å². The molecule has 0 atom stereocenters. The second kappa shape index (κ2) is 9.95. The molecule has 0 aromatic heterocycles. The van der Waals surface area contributed by atoms with Crippen LogP contribution in [0.2, 0.25) is 0 Å². The van der Waals surface area contributed by atoms with Crippen molar-refractivity contribution in [1.82, 2.24) is 9.80 Å². The van der Waals surface area contributed by atoms with E-state index in [-0.39, 0.29) is 16.6 Å². The molecule has 1 fully saturated rings. The van der Waals surface area contributed by atoms with Crippen LogP contribution in [-0.2, 0) is 21.1 Å². The standard InChI is InChI=1S/C22H28N2O5S/c1-28-19-6-3-5-18(15-19)16-22(25)24-11-9-23(10-12-24)13-14-30(26,27)21-8-4-7-20(17-21)29-2/h3-8,15,17H,9-14,16H2,1-2H3. The molecule has 0 spiro atoms. The van der Waals surface area contributed by atoms with Gasteiger partial charge in [0, 0.05) is 32.7 Å². The molecule has 30 heavy (non-hydrogen) atoms. The van der Waals surface area contributed by atoms with E-state index < -0.39 is 9.84 Å². The Labute approximate surface area is 178 Å². The van der Waals surface area contributed by atoms with Crippen LogP contribution in [0.25, 0.3) is 0 Å². The molecule has 0 bridgehead atoms. The molecule has 162 valence electrons. The molecule has 1 aliphatic heterocycles. The SMILES string of the molecule is COc1cccc(CC(=O)N2CCN(CCS(=O)(=O)c3cccc(OC)c3)CC2)c1. The number of nitrogens with zero attached hydrogens (tertiary/aromatic N) is 2. The van der Waals surface area contributed by atoms with Crippen LogP contribution >= 0.6 is 0 Å². The number of rotatable bonds is 8. The number of methoxy groups -OCH3 is 2. The minimum atomic E-state index is -3.38. The van der Waals surface area contributed by atoms with Gasteiger partial charge in [-0.1, -0.05) is 18.2 Å². The molecular formula is C22H28N2O5S. The number of amides is 1. The summed E-state index contributed by atoms with van der Waals surface area (Å²) in [5.41, 5.74) is 0.922. The number of sulfone groups is 1. The highest BCUT2D eigenvalue weighted by atomic mass is 32.2. The summed E-state index contributed by atoms with van der Waals surface area (Å²) in [7, 11) is -0.263. The Kier molecular flexibility index (Phi) is 7.33. The summed E-state index contributed by atoms with van der Waals surface area (Å²) in [6, 6.07) is 14.1. The largest absolute Gasteiger partial charge is 0.497 e. The molecule has 2 aromatic carbocycles. The van der Waals surface area contributed by atoms with Crippen LogP contribution in [-0.4, -0.2) is 76.8 Å². The Hall–Kier alpha value is -2.58. The third kappa shape index (κ3) is 5.73. The van der Waals surface area contributed by atoms with Gasteiger partial charge >= 0.3 is 0 Å². The van der Waals surface area contributed by atoms with Gasteiger partial charge in [0.2, 0.25) is 5.91 Å². The van der Waals surface area contributed by atoms with Gasteiger partial charge in [0.05, 0.1) is 31.3 Å². The van der Waals surface area contributed by atoms with Crippen LogP contribution in [0.15, 0.2) is 53.4 Å². The van der Waals surface area contributed by atoms with Gasteiger partial charge in [0.1, 0.15) is 11.5 Å². The molecule has 8 heteroatoms. The zero-order valence-corrected chi connectivity index (χ0v) is 18.2. The number of hydrogen-bond acceptors (Lipinski definition) is 6. The van der Waals surface area contributed by atoms with E-state index in [1.807, 2.05) is 29.2 Å². The van der Waals surface area contributed by atoms with Crippen molar-refractivity contribution in [3.8, 4) is 11.5 Å². The molecule has 0 unspecified atom stereocenters. The Bertz CT molecular complexity index is 969. The lowest BCUT2D eigenvalue weighted by Gasteiger charge is -2.34. The van der Waals surface area contributed by atoms with E-state index in [1.54, 1.807) is 31.4 Å². The number of piperazine rings is 1. The van der Waals surface area contributed by atoms with Crippen LogP contribution in [0.1, 0.15) is 5.56 Å². The smallest absolute Gasteiger partial charge is 0.227 e. The number of carbonyl (C=O) groups is 1. The molecule has 1 aliphatic rings. The van der Waals surface area contributed by atoms with Gasteiger partial charge in [-0.05, 0) is 35.9 Å². The summed E-state index contributed by atoms with van der Waals surface area (Å²) in [6.45, 7) is 2.97. The second-order valence-corrected chi connectivity index (χ2v) is 9.36. The maximum atomic E-state index is 12.6. The van der Waals surface area contributed by atoms with Crippen molar-refractivity contribution >= 4 is 15.7 Å². The van der Waals surface area contributed by atoms with Crippen LogP contribution in [0.5, 0.6) is 11.5 Å². The zero-order chi connectivity index (χ0) is 21.6. The third-order valence-corrected chi connectivity index (χ3v) is 6.98. The minimum absolute atomic E-state index is 0.0396. The van der Waals surface area contributed by atoms with E-state index in [0.717, 1.165) is 11.3 Å². The van der Waals surface area contributed by atoms with Crippen LogP contribution < -0.4 is 9.47 Å². The van der Waals surface area contributed by atoms with Crippen molar-refractivity contribution in [3.05, 3.63) is 54.1 Å². The topological polar surface area (TPSA) is 76.2 Å². The number of benzene rings is 2. The Morgan fingerprint density at radius 1 is 0.933 bits per heavy atom. The van der Waals surface area contributed by atoms with Gasteiger partial charge < -0.3 is 14.4 Å². The van der Waals surface area contributed by atoms with Crippen molar-refractivity contribution in [2.45, 2.75) is 11.3 Å². The molecule has 0 radical (unpaired) electrons. The highest BCUT2D eigenvalue weighted by Gasteiger charge is 2.23. The molecule has 0 aliphatic carbocycles. The van der Waals surface area contributed by atoms with E-state index in [4.69, 9.17) is 9.47 Å². The van der Waals surface area contributed by atoms with Crippen molar-refractivity contribution in [2.75, 3.05) is 52.7 Å². The normalized spacial score (nSPS) is 15.1. The van der Waals surface area contributed by atoms with Gasteiger partial charge in [-0.25, -0.2) is 8.42 Å². The maximum Gasteiger partial charge on any atom is 0.227 e. The molecule has 1 saturated heterocycles. The molecule has 3 rings (SSSR count). The summed E-state index contributed by atoms with van der Waals surface area (Å²) in [5, 5.41) is 0. The highest BCUT2D eigenvalue weighted by molar-refractivity contribution is 7.91. The van der Waals surface area contributed by atoms with Crippen molar-refractivity contribution in [2.24, 2.45) is 0 Å². The fourth-order valence-electron chi connectivity index (χ4n) is 3.45. The average molecular weight is 433 g/mol. The summed E-state index contributed by atoms with van der Waals surface area (Å²) < 4.78 is 35.6. The lowest BCUT2D eigenvalue weighted by molar-refractivity contribution is -0.132. The zero-order valence-electron chi connectivity index (χ0n) is 17.4. The molecule has 1 amide bonds. The number of ether oxygens (including phenoxy) is 2. The predicted octanol–water partition coefficient (Wildman–Crippen LogP) is 1.86. The fraction of sp³-hybridized carbons (Fsp3) is 0.409. The Morgan fingerprint density at radius 2 is 1.57 bits per heavy atom. The Morgan fingerprint density at radius 3 is 2.23 bits per heavy atom. The van der Waals surface area contributed by atoms with E-state index in [0.29, 0.717) is 44.9 Å². The highest BCUT2D eigenvalue weighted by Crippen LogP contribution is 2.19. The lowest BCUT2D eigenvalue weighted by Crippen LogP contribution is -2.50. The van der Waals surface area contributed by atoms with E-state index in [9.17, 15) is 13.2 Å². The summed E-state index contributed by atoms with van der Waals surface area (Å²) in [6.07, 6.45) is 0.335. The van der Waals surface area contributed by atoms with Gasteiger partial charge in [0.15, 0.2) is 9.84 Å². The molecule has 0 saturated carbocycles. The first-order valence-corrected chi connectivity index (χ1v) is 11.6. The van der Waals surface area contributed by atoms with Gasteiger partial charge in [0.25, 0.3) is 0 Å². The first-order chi connectivity index (χ1) is 14.4. The maximum absolute atomic E-state index is 12.6. The monoisotopic (exact) mass is 432 g/mol. The summed E-state index contributed by atoms with van der Waals surface area (Å²) in [4.78, 5) is 16.8. The average Bonchev–Trinajstić information content (AvgIpc) is 2.78. The van der Waals surface area contributed by atoms with Crippen molar-refractivity contribution in [3.63, 3.8) is 0 Å². The fourth-order valence-corrected chi connectivity index (χ4v) is 4.77. The van der Waals surface area contributed by atoms with Crippen LogP contribution in [0.4, 0.5) is 0 Å². The second-order valence-electron chi connectivity index (χ2n) is 7.25. The number of carbonyl (C=O) groups excluding carboxylic acids is 1. The van der Waals surface area contributed by atoms with Gasteiger partial charge in [-0.3, -0.25) is 9.69 Å². The van der Waals surface area contributed by atoms with Gasteiger partial charge in [-0.15, -0.1) is 0 Å². The minimum Gasteiger partial charge on any atom is -0.497 e. The molecule has 7 nitrogen and oxygen atoms in total. The van der Waals surface area contributed by atoms with Crippen molar-refractivity contribution in [1.29, 1.82) is 0 Å². The first kappa shape index (κ1) is 22.1. The molecule has 2 aromatic rings. The lowest BCUT2D eigenvalue weighted by atomic mass is 10.1. The third-order valence-electron chi connectivity index (χ3n) is 5.29. The molecule has 0 N–H and O–H groups in total. The van der Waals surface area contributed by atoms with E-state index >= 15 is 0 Å². The predicted molar refractivity (Wildman–Crippen MR) is 115 cm³/mol. The van der Waals surface area contributed by atoms with E-state index in [2.05, 4.69) is 4.90 Å². The first-order valence-electron chi connectivity index (χ1n) is 9.91. The molecule has 1 heterocycles. The quantitative estimate of drug-likeness (QED) is 0.634. The molecular weight excluding hydrogens is 404 g/mol. The summed E-state index contributed by atoms with van der Waals surface area (Å²) >= 11 is 0. The number of hydrogen-bond donors (Lipinski definition) is 0. The van der Waals surface area contributed by atoms with Crippen molar-refractivity contribution < 1.29 is 22.7 Å². The Balaban J connectivity index is 1.48. The van der Waals surface area contributed by atoms with Gasteiger partial charge in [-0.2, -0.15) is 0 Å². The summed E-state index contributed by atoms with van der Waals surface area (Å²) in [5.74, 6) is 1.38.